The first-order chi connectivity index (χ1) is 7.74. The molecule has 2 rings (SSSR count). The van der Waals surface area contributed by atoms with Crippen LogP contribution in [-0.2, 0) is 0 Å². The molecule has 0 fully saturated rings. The molecule has 0 aromatic carbocycles. The fourth-order valence-electron chi connectivity index (χ4n) is 1.78. The Morgan fingerprint density at radius 3 is 3.00 bits per heavy atom. The minimum atomic E-state index is -0.0732. The molecule has 0 saturated heterocycles. The quantitative estimate of drug-likeness (QED) is 0.876. The molecule has 82 valence electrons. The fraction of sp³-hybridized carbons (Fsp3) is 0.273. The van der Waals surface area contributed by atoms with Crippen molar-refractivity contribution in [2.45, 2.75) is 19.0 Å². The minimum absolute atomic E-state index is 0.0246. The molecule has 0 aliphatic carbocycles. The van der Waals surface area contributed by atoms with E-state index in [2.05, 4.69) is 16.4 Å². The number of aromatic nitrogens is 2. The lowest BCUT2D eigenvalue weighted by Crippen LogP contribution is -2.30. The zero-order chi connectivity index (χ0) is 11.5. The van der Waals surface area contributed by atoms with Gasteiger partial charge < -0.3 is 10.3 Å². The first-order valence-electron chi connectivity index (χ1n) is 4.94. The van der Waals surface area contributed by atoms with Gasteiger partial charge in [0.1, 0.15) is 6.07 Å². The van der Waals surface area contributed by atoms with Gasteiger partial charge in [0.2, 0.25) is 5.82 Å². The molecule has 0 amide bonds. The molecule has 0 radical (unpaired) electrons. The molecule has 0 bridgehead atoms. The maximum absolute atomic E-state index is 8.96. The molecule has 2 atom stereocenters. The van der Waals surface area contributed by atoms with E-state index in [9.17, 15) is 0 Å². The lowest BCUT2D eigenvalue weighted by molar-refractivity contribution is 0.493. The zero-order valence-corrected chi connectivity index (χ0v) is 9.69. The van der Waals surface area contributed by atoms with Gasteiger partial charge >= 0.3 is 0 Å². The Kier molecular flexibility index (Phi) is 3.04. The Bertz CT molecular complexity index is 492. The van der Waals surface area contributed by atoms with Gasteiger partial charge in [-0.3, -0.25) is 0 Å². The molecule has 5 heteroatoms. The third kappa shape index (κ3) is 1.85. The summed E-state index contributed by atoms with van der Waals surface area (Å²) in [6.45, 7) is 1.93. The largest absolute Gasteiger partial charge is 0.326 e. The molecule has 2 unspecified atom stereocenters. The standard InChI is InChI=1S/C11H12N4S/c1-8(13)11(9-2-5-16-7-9)15-4-3-14-10(15)6-12/h2-5,7-8,11H,13H2,1H3. The highest BCUT2D eigenvalue weighted by Gasteiger charge is 2.20. The second kappa shape index (κ2) is 4.47. The lowest BCUT2D eigenvalue weighted by Gasteiger charge is -2.22. The molecule has 2 aromatic heterocycles. The maximum atomic E-state index is 8.96. The summed E-state index contributed by atoms with van der Waals surface area (Å²) in [5, 5.41) is 13.0. The highest BCUT2D eigenvalue weighted by molar-refractivity contribution is 7.07. The van der Waals surface area contributed by atoms with Gasteiger partial charge in [-0.05, 0) is 29.3 Å². The molecule has 0 saturated carbocycles. The molecule has 0 aliphatic rings. The van der Waals surface area contributed by atoms with Crippen LogP contribution in [0.15, 0.2) is 29.2 Å². The molecule has 16 heavy (non-hydrogen) atoms. The summed E-state index contributed by atoms with van der Waals surface area (Å²) in [6, 6.07) is 4.00. The summed E-state index contributed by atoms with van der Waals surface area (Å²) < 4.78 is 1.83. The summed E-state index contributed by atoms with van der Waals surface area (Å²) in [5.74, 6) is 0.397. The van der Waals surface area contributed by atoms with Crippen LogP contribution in [0.1, 0.15) is 24.4 Å². The first-order valence-corrected chi connectivity index (χ1v) is 5.89. The van der Waals surface area contributed by atoms with Gasteiger partial charge in [0.25, 0.3) is 0 Å². The summed E-state index contributed by atoms with van der Waals surface area (Å²) in [4.78, 5) is 4.00. The van der Waals surface area contributed by atoms with Crippen molar-refractivity contribution in [2.24, 2.45) is 5.73 Å². The molecule has 4 nitrogen and oxygen atoms in total. The van der Waals surface area contributed by atoms with Crippen LogP contribution in [-0.4, -0.2) is 15.6 Å². The van der Waals surface area contributed by atoms with Crippen LogP contribution in [0.2, 0.25) is 0 Å². The summed E-state index contributed by atoms with van der Waals surface area (Å²) in [5.41, 5.74) is 7.11. The van der Waals surface area contributed by atoms with E-state index in [1.54, 1.807) is 23.7 Å². The summed E-state index contributed by atoms with van der Waals surface area (Å²) in [7, 11) is 0. The van der Waals surface area contributed by atoms with E-state index < -0.39 is 0 Å². The molecular weight excluding hydrogens is 220 g/mol. The normalized spacial score (nSPS) is 14.3. The van der Waals surface area contributed by atoms with Crippen LogP contribution in [0.4, 0.5) is 0 Å². The van der Waals surface area contributed by atoms with Crippen molar-refractivity contribution in [2.75, 3.05) is 0 Å². The average molecular weight is 232 g/mol. The van der Waals surface area contributed by atoms with Crippen molar-refractivity contribution < 1.29 is 0 Å². The van der Waals surface area contributed by atoms with Gasteiger partial charge in [-0.1, -0.05) is 0 Å². The molecule has 2 heterocycles. The monoisotopic (exact) mass is 232 g/mol. The van der Waals surface area contributed by atoms with Gasteiger partial charge in [-0.25, -0.2) is 4.98 Å². The zero-order valence-electron chi connectivity index (χ0n) is 8.87. The van der Waals surface area contributed by atoms with Crippen LogP contribution in [0.5, 0.6) is 0 Å². The van der Waals surface area contributed by atoms with Gasteiger partial charge in [0.15, 0.2) is 0 Å². The van der Waals surface area contributed by atoms with Crippen molar-refractivity contribution in [3.8, 4) is 6.07 Å². The second-order valence-electron chi connectivity index (χ2n) is 3.63. The molecule has 0 aliphatic heterocycles. The first kappa shape index (κ1) is 10.9. The smallest absolute Gasteiger partial charge is 0.213 e. The van der Waals surface area contributed by atoms with E-state index in [1.807, 2.05) is 22.9 Å². The number of imidazole rings is 1. The SMILES string of the molecule is CC(N)C(c1ccsc1)n1ccnc1C#N. The summed E-state index contributed by atoms with van der Waals surface area (Å²) in [6.07, 6.45) is 3.42. The van der Waals surface area contributed by atoms with Gasteiger partial charge in [-0.15, -0.1) is 0 Å². The van der Waals surface area contributed by atoms with E-state index in [1.165, 1.54) is 0 Å². The predicted octanol–water partition coefficient (Wildman–Crippen LogP) is 1.75. The number of nitriles is 1. The minimum Gasteiger partial charge on any atom is -0.326 e. The van der Waals surface area contributed by atoms with E-state index in [-0.39, 0.29) is 12.1 Å². The number of rotatable bonds is 3. The Morgan fingerprint density at radius 1 is 1.62 bits per heavy atom. The third-order valence-corrected chi connectivity index (χ3v) is 3.15. The molecular formula is C11H12N4S. The third-order valence-electron chi connectivity index (χ3n) is 2.45. The van der Waals surface area contributed by atoms with Crippen LogP contribution in [0, 0.1) is 11.3 Å². The maximum Gasteiger partial charge on any atom is 0.213 e. The van der Waals surface area contributed by atoms with Crippen LogP contribution in [0.25, 0.3) is 0 Å². The lowest BCUT2D eigenvalue weighted by atomic mass is 10.0. The van der Waals surface area contributed by atoms with E-state index in [0.717, 1.165) is 5.56 Å². The fourth-order valence-corrected chi connectivity index (χ4v) is 2.47. The van der Waals surface area contributed by atoms with Crippen molar-refractivity contribution in [3.05, 3.63) is 40.6 Å². The summed E-state index contributed by atoms with van der Waals surface area (Å²) >= 11 is 1.62. The highest BCUT2D eigenvalue weighted by Crippen LogP contribution is 2.24. The predicted molar refractivity (Wildman–Crippen MR) is 63.0 cm³/mol. The van der Waals surface area contributed by atoms with Crippen LogP contribution < -0.4 is 5.73 Å². The number of nitrogens with two attached hydrogens (primary N) is 1. The van der Waals surface area contributed by atoms with Gasteiger partial charge in [0, 0.05) is 18.4 Å². The number of thiophene rings is 1. The average Bonchev–Trinajstić information content (AvgIpc) is 2.88. The van der Waals surface area contributed by atoms with Crippen molar-refractivity contribution >= 4 is 11.3 Å². The Labute approximate surface area is 98.0 Å². The molecule has 2 N–H and O–H groups in total. The molecule has 2 aromatic rings. The second-order valence-corrected chi connectivity index (χ2v) is 4.41. The topological polar surface area (TPSA) is 67.6 Å². The number of hydrogen-bond acceptors (Lipinski definition) is 4. The number of hydrogen-bond donors (Lipinski definition) is 1. The van der Waals surface area contributed by atoms with E-state index in [0.29, 0.717) is 5.82 Å². The Balaban J connectivity index is 2.46. The van der Waals surface area contributed by atoms with Crippen LogP contribution >= 0.6 is 11.3 Å². The van der Waals surface area contributed by atoms with Crippen molar-refractivity contribution in [1.82, 2.24) is 9.55 Å². The van der Waals surface area contributed by atoms with Gasteiger partial charge in [-0.2, -0.15) is 16.6 Å². The van der Waals surface area contributed by atoms with Crippen molar-refractivity contribution in [1.29, 1.82) is 5.26 Å². The Morgan fingerprint density at radius 2 is 2.44 bits per heavy atom. The molecule has 0 spiro atoms. The van der Waals surface area contributed by atoms with Crippen LogP contribution in [0.3, 0.4) is 0 Å². The number of nitrogens with zero attached hydrogens (tertiary/aromatic N) is 3. The van der Waals surface area contributed by atoms with E-state index >= 15 is 0 Å². The van der Waals surface area contributed by atoms with Crippen molar-refractivity contribution in [3.63, 3.8) is 0 Å². The van der Waals surface area contributed by atoms with Gasteiger partial charge in [0.05, 0.1) is 6.04 Å². The Hall–Kier alpha value is -1.64. The highest BCUT2D eigenvalue weighted by atomic mass is 32.1. The van der Waals surface area contributed by atoms with E-state index in [4.69, 9.17) is 11.0 Å².